The van der Waals surface area contributed by atoms with Crippen LogP contribution in [0.4, 0.5) is 5.82 Å². The maximum Gasteiger partial charge on any atom is 0.244 e. The van der Waals surface area contributed by atoms with Crippen molar-refractivity contribution in [1.82, 2.24) is 15.2 Å². The summed E-state index contributed by atoms with van der Waals surface area (Å²) in [6.45, 7) is 0.796. The number of hydrogen-bond donors (Lipinski definition) is 2. The number of hydrogen-bond acceptors (Lipinski definition) is 5. The molecule has 0 amide bonds. The number of aromatic nitrogens is 3. The fourth-order valence-corrected chi connectivity index (χ4v) is 0.797. The lowest BCUT2D eigenvalue weighted by Gasteiger charge is -2.01. The molecule has 5 nitrogen and oxygen atoms in total. The van der Waals surface area contributed by atoms with Gasteiger partial charge in [0, 0.05) is 13.2 Å². The van der Waals surface area contributed by atoms with E-state index >= 15 is 0 Å². The summed E-state index contributed by atoms with van der Waals surface area (Å²) in [5, 5.41) is 18.6. The minimum absolute atomic E-state index is 0.115. The maximum absolute atomic E-state index is 8.48. The van der Waals surface area contributed by atoms with Gasteiger partial charge in [0.25, 0.3) is 0 Å². The zero-order chi connectivity index (χ0) is 8.81. The van der Waals surface area contributed by atoms with Gasteiger partial charge in [0.05, 0.1) is 6.20 Å². The lowest BCUT2D eigenvalue weighted by molar-refractivity contribution is 0.292. The number of nitrogens with zero attached hydrogens (tertiary/aromatic N) is 3. The summed E-state index contributed by atoms with van der Waals surface area (Å²) in [4.78, 5) is 3.84. The third-order valence-corrected chi connectivity index (χ3v) is 1.33. The van der Waals surface area contributed by atoms with Gasteiger partial charge < -0.3 is 10.4 Å². The minimum Gasteiger partial charge on any atom is -0.396 e. The van der Waals surface area contributed by atoms with Crippen LogP contribution in [0.15, 0.2) is 6.20 Å². The van der Waals surface area contributed by atoms with Gasteiger partial charge in [-0.15, -0.1) is 5.10 Å². The standard InChI is InChI=1S/C6H9ClN4O/c7-6-10-5(4-9-11-6)8-2-1-3-12/h4,12H,1-3H2,(H,8,10,11). The molecule has 1 rings (SSSR count). The van der Waals surface area contributed by atoms with Crippen molar-refractivity contribution in [2.24, 2.45) is 0 Å². The fourth-order valence-electron chi connectivity index (χ4n) is 0.663. The monoisotopic (exact) mass is 188 g/mol. The normalized spacial score (nSPS) is 9.83. The number of aliphatic hydroxyl groups excluding tert-OH is 1. The quantitative estimate of drug-likeness (QED) is 0.666. The van der Waals surface area contributed by atoms with E-state index in [9.17, 15) is 0 Å². The number of anilines is 1. The first-order valence-corrected chi connectivity index (χ1v) is 3.90. The Hall–Kier alpha value is -0.940. The van der Waals surface area contributed by atoms with E-state index in [1.165, 1.54) is 6.20 Å². The first-order chi connectivity index (χ1) is 5.83. The van der Waals surface area contributed by atoms with E-state index in [4.69, 9.17) is 16.7 Å². The van der Waals surface area contributed by atoms with Gasteiger partial charge in [-0.3, -0.25) is 0 Å². The van der Waals surface area contributed by atoms with Crippen LogP contribution in [0, 0.1) is 0 Å². The Kier molecular flexibility index (Phi) is 3.69. The van der Waals surface area contributed by atoms with Gasteiger partial charge in [-0.05, 0) is 18.0 Å². The summed E-state index contributed by atoms with van der Waals surface area (Å²) >= 11 is 5.48. The molecule has 0 radical (unpaired) electrons. The van der Waals surface area contributed by atoms with E-state index in [0.717, 1.165) is 0 Å². The SMILES string of the molecule is OCCCNc1cnnc(Cl)n1. The van der Waals surface area contributed by atoms with Crippen molar-refractivity contribution in [2.75, 3.05) is 18.5 Å². The van der Waals surface area contributed by atoms with E-state index in [1.54, 1.807) is 0 Å². The number of rotatable bonds is 4. The van der Waals surface area contributed by atoms with Gasteiger partial charge >= 0.3 is 0 Å². The number of halogens is 1. The second-order valence-electron chi connectivity index (χ2n) is 2.11. The highest BCUT2D eigenvalue weighted by Gasteiger charge is 1.95. The molecule has 0 aliphatic carbocycles. The van der Waals surface area contributed by atoms with Crippen LogP contribution in [-0.4, -0.2) is 33.4 Å². The molecule has 0 bridgehead atoms. The first kappa shape index (κ1) is 9.15. The Bertz CT molecular complexity index is 245. The van der Waals surface area contributed by atoms with Gasteiger partial charge in [0.2, 0.25) is 5.28 Å². The van der Waals surface area contributed by atoms with E-state index < -0.39 is 0 Å². The van der Waals surface area contributed by atoms with Gasteiger partial charge in [-0.25, -0.2) is 0 Å². The largest absolute Gasteiger partial charge is 0.396 e. The van der Waals surface area contributed by atoms with Crippen molar-refractivity contribution in [3.05, 3.63) is 11.5 Å². The molecule has 0 aliphatic rings. The summed E-state index contributed by atoms with van der Waals surface area (Å²) in [5.74, 6) is 0.573. The molecule has 0 fully saturated rings. The van der Waals surface area contributed by atoms with Crippen molar-refractivity contribution in [2.45, 2.75) is 6.42 Å². The van der Waals surface area contributed by atoms with Crippen molar-refractivity contribution >= 4 is 17.4 Å². The van der Waals surface area contributed by atoms with Crippen LogP contribution in [0.1, 0.15) is 6.42 Å². The van der Waals surface area contributed by atoms with Crippen LogP contribution in [0.3, 0.4) is 0 Å². The van der Waals surface area contributed by atoms with Crippen LogP contribution in [-0.2, 0) is 0 Å². The molecule has 1 aromatic heterocycles. The number of nitrogens with one attached hydrogen (secondary N) is 1. The van der Waals surface area contributed by atoms with Crippen LogP contribution in [0.25, 0.3) is 0 Å². The summed E-state index contributed by atoms with van der Waals surface area (Å²) in [7, 11) is 0. The van der Waals surface area contributed by atoms with Crippen LogP contribution in [0.5, 0.6) is 0 Å². The van der Waals surface area contributed by atoms with E-state index in [2.05, 4.69) is 20.5 Å². The van der Waals surface area contributed by atoms with Gasteiger partial charge in [-0.2, -0.15) is 10.1 Å². The van der Waals surface area contributed by atoms with Crippen molar-refractivity contribution in [1.29, 1.82) is 0 Å². The predicted molar refractivity (Wildman–Crippen MR) is 45.0 cm³/mol. The Morgan fingerprint density at radius 1 is 1.58 bits per heavy atom. The van der Waals surface area contributed by atoms with Crippen molar-refractivity contribution < 1.29 is 5.11 Å². The highest BCUT2D eigenvalue weighted by Crippen LogP contribution is 2.02. The molecule has 66 valence electrons. The van der Waals surface area contributed by atoms with Crippen molar-refractivity contribution in [3.63, 3.8) is 0 Å². The molecule has 0 aliphatic heterocycles. The average Bonchev–Trinajstić information content (AvgIpc) is 2.05. The second kappa shape index (κ2) is 4.84. The Balaban J connectivity index is 2.41. The molecular weight excluding hydrogens is 180 g/mol. The molecule has 12 heavy (non-hydrogen) atoms. The lowest BCUT2D eigenvalue weighted by atomic mass is 10.4. The average molecular weight is 189 g/mol. The molecule has 0 aromatic carbocycles. The summed E-state index contributed by atoms with van der Waals surface area (Å²) in [6.07, 6.45) is 2.14. The Morgan fingerprint density at radius 2 is 2.42 bits per heavy atom. The smallest absolute Gasteiger partial charge is 0.244 e. The molecule has 0 atom stereocenters. The number of aliphatic hydroxyl groups is 1. The minimum atomic E-state index is 0.115. The van der Waals surface area contributed by atoms with Gasteiger partial charge in [-0.1, -0.05) is 0 Å². The highest BCUT2D eigenvalue weighted by atomic mass is 35.5. The van der Waals surface area contributed by atoms with Crippen molar-refractivity contribution in [3.8, 4) is 0 Å². The summed E-state index contributed by atoms with van der Waals surface area (Å²) in [5.41, 5.74) is 0. The third kappa shape index (κ3) is 2.98. The molecule has 0 saturated heterocycles. The second-order valence-corrected chi connectivity index (χ2v) is 2.45. The van der Waals surface area contributed by atoms with Gasteiger partial charge in [0.1, 0.15) is 5.82 Å². The zero-order valence-corrected chi connectivity index (χ0v) is 7.12. The van der Waals surface area contributed by atoms with Crippen LogP contribution < -0.4 is 5.32 Å². The molecule has 1 aromatic rings. The molecule has 0 unspecified atom stereocenters. The molecule has 1 heterocycles. The maximum atomic E-state index is 8.48. The molecular formula is C6H9ClN4O. The van der Waals surface area contributed by atoms with E-state index in [1.807, 2.05) is 0 Å². The summed E-state index contributed by atoms with van der Waals surface area (Å²) < 4.78 is 0. The van der Waals surface area contributed by atoms with E-state index in [-0.39, 0.29) is 11.9 Å². The fraction of sp³-hybridized carbons (Fsp3) is 0.500. The topological polar surface area (TPSA) is 70.9 Å². The Labute approximate surface area is 74.8 Å². The highest BCUT2D eigenvalue weighted by molar-refractivity contribution is 6.28. The van der Waals surface area contributed by atoms with Crippen LogP contribution >= 0.6 is 11.6 Å². The molecule has 0 spiro atoms. The Morgan fingerprint density at radius 3 is 3.08 bits per heavy atom. The summed E-state index contributed by atoms with van der Waals surface area (Å²) in [6, 6.07) is 0. The lowest BCUT2D eigenvalue weighted by Crippen LogP contribution is -2.05. The molecule has 0 saturated carbocycles. The predicted octanol–water partition coefficient (Wildman–Crippen LogP) is 0.319. The van der Waals surface area contributed by atoms with Gasteiger partial charge in [0.15, 0.2) is 0 Å². The van der Waals surface area contributed by atoms with Crippen LogP contribution in [0.2, 0.25) is 5.28 Å². The molecule has 2 N–H and O–H groups in total. The zero-order valence-electron chi connectivity index (χ0n) is 6.37. The van der Waals surface area contributed by atoms with E-state index in [0.29, 0.717) is 18.8 Å². The molecule has 6 heteroatoms. The first-order valence-electron chi connectivity index (χ1n) is 3.53. The third-order valence-electron chi connectivity index (χ3n) is 1.17.